The topological polar surface area (TPSA) is 53.0 Å². The summed E-state index contributed by atoms with van der Waals surface area (Å²) in [5, 5.41) is 17.3. The molecule has 0 aromatic carbocycles. The average Bonchev–Trinajstić information content (AvgIpc) is 2.26. The van der Waals surface area contributed by atoms with Crippen LogP contribution in [0.1, 0.15) is 6.92 Å². The van der Waals surface area contributed by atoms with Crippen molar-refractivity contribution in [2.75, 3.05) is 0 Å². The minimum atomic E-state index is -1.48. The number of ether oxygens (including phenoxy) is 1. The minimum Gasteiger partial charge on any atom is -0.361 e. The van der Waals surface area contributed by atoms with E-state index in [1.165, 1.54) is 0 Å². The highest BCUT2D eigenvalue weighted by atomic mass is 16.8. The highest BCUT2D eigenvalue weighted by Crippen LogP contribution is 2.66. The molecule has 0 spiro atoms. The van der Waals surface area contributed by atoms with Gasteiger partial charge in [-0.3, -0.25) is 0 Å². The Labute approximate surface area is 40.5 Å². The highest BCUT2D eigenvalue weighted by Gasteiger charge is 2.91. The van der Waals surface area contributed by atoms with Crippen molar-refractivity contribution >= 4 is 0 Å². The van der Waals surface area contributed by atoms with Crippen LogP contribution in [0.5, 0.6) is 0 Å². The maximum atomic E-state index is 8.64. The van der Waals surface area contributed by atoms with E-state index >= 15 is 0 Å². The molecule has 1 saturated heterocycles. The molecule has 1 heterocycles. The monoisotopic (exact) mass is 102 g/mol. The van der Waals surface area contributed by atoms with E-state index in [1.807, 2.05) is 0 Å². The molecule has 0 amide bonds. The quantitative estimate of drug-likeness (QED) is 0.299. The molecule has 7 heavy (non-hydrogen) atoms. The predicted octanol–water partition coefficient (Wildman–Crippen LogP) is -1.16. The second-order valence-electron chi connectivity index (χ2n) is 2.33. The van der Waals surface area contributed by atoms with Crippen molar-refractivity contribution in [3.63, 3.8) is 0 Å². The lowest BCUT2D eigenvalue weighted by Gasteiger charge is -2.07. The molecule has 40 valence electrons. The summed E-state index contributed by atoms with van der Waals surface area (Å²) in [6.45, 7) is 1.68. The van der Waals surface area contributed by atoms with Crippen LogP contribution in [0, 0.1) is 0 Å². The fourth-order valence-electron chi connectivity index (χ4n) is 0.839. The minimum absolute atomic E-state index is 0.278. The van der Waals surface area contributed by atoms with Gasteiger partial charge in [-0.1, -0.05) is 0 Å². The second-order valence-corrected chi connectivity index (χ2v) is 2.33. The first kappa shape index (κ1) is 3.83. The summed E-state index contributed by atoms with van der Waals surface area (Å²) in [5.41, 5.74) is -0.576. The lowest BCUT2D eigenvalue weighted by molar-refractivity contribution is -0.185. The van der Waals surface area contributed by atoms with Gasteiger partial charge in [-0.2, -0.15) is 0 Å². The molecule has 1 saturated carbocycles. The summed E-state index contributed by atoms with van der Waals surface area (Å²) in [7, 11) is 0. The van der Waals surface area contributed by atoms with Crippen molar-refractivity contribution in [3.8, 4) is 0 Å². The zero-order valence-electron chi connectivity index (χ0n) is 3.88. The van der Waals surface area contributed by atoms with E-state index in [9.17, 15) is 0 Å². The van der Waals surface area contributed by atoms with Crippen molar-refractivity contribution < 1.29 is 14.9 Å². The molecule has 2 rings (SSSR count). The first-order chi connectivity index (χ1) is 3.09. The van der Waals surface area contributed by atoms with Gasteiger partial charge in [-0.15, -0.1) is 0 Å². The molecule has 0 aromatic rings. The molecule has 1 aliphatic carbocycles. The summed E-state index contributed by atoms with van der Waals surface area (Å²) in [6.07, 6.45) is -0.278. The van der Waals surface area contributed by atoms with Crippen LogP contribution in [-0.2, 0) is 4.74 Å². The molecule has 0 unspecified atom stereocenters. The first-order valence-electron chi connectivity index (χ1n) is 2.21. The maximum Gasteiger partial charge on any atom is 0.225 e. The fraction of sp³-hybridized carbons (Fsp3) is 1.00. The van der Waals surface area contributed by atoms with Gasteiger partial charge in [0.05, 0.1) is 0 Å². The van der Waals surface area contributed by atoms with Crippen LogP contribution in [0.2, 0.25) is 0 Å². The zero-order valence-corrected chi connectivity index (χ0v) is 3.88. The Morgan fingerprint density at radius 1 is 1.57 bits per heavy atom. The Bertz CT molecular complexity index is 121. The predicted molar refractivity (Wildman–Crippen MR) is 20.4 cm³/mol. The maximum absolute atomic E-state index is 8.64. The first-order valence-corrected chi connectivity index (χ1v) is 2.21. The molecular formula is C4H6O3. The highest BCUT2D eigenvalue weighted by molar-refractivity contribution is 5.32. The van der Waals surface area contributed by atoms with E-state index in [2.05, 4.69) is 0 Å². The summed E-state index contributed by atoms with van der Waals surface area (Å²) >= 11 is 0. The molecular weight excluding hydrogens is 96.0 g/mol. The SMILES string of the molecule is C[C@]12O[C@H]1C2(O)O. The molecule has 2 N–H and O–H groups in total. The van der Waals surface area contributed by atoms with Gasteiger partial charge in [-0.25, -0.2) is 0 Å². The third-order valence-corrected chi connectivity index (χ3v) is 1.82. The number of aliphatic hydroxyl groups is 2. The van der Waals surface area contributed by atoms with E-state index in [4.69, 9.17) is 14.9 Å². The van der Waals surface area contributed by atoms with Gasteiger partial charge in [0.15, 0.2) is 5.60 Å². The van der Waals surface area contributed by atoms with Crippen molar-refractivity contribution in [1.82, 2.24) is 0 Å². The third-order valence-electron chi connectivity index (χ3n) is 1.82. The van der Waals surface area contributed by atoms with E-state index < -0.39 is 11.4 Å². The summed E-state index contributed by atoms with van der Waals surface area (Å²) in [4.78, 5) is 0. The van der Waals surface area contributed by atoms with Crippen LogP contribution in [0.25, 0.3) is 0 Å². The summed E-state index contributed by atoms with van der Waals surface area (Å²) < 4.78 is 4.71. The molecule has 2 fully saturated rings. The van der Waals surface area contributed by atoms with Crippen molar-refractivity contribution in [3.05, 3.63) is 0 Å². The summed E-state index contributed by atoms with van der Waals surface area (Å²) in [6, 6.07) is 0. The molecule has 2 atom stereocenters. The molecule has 3 nitrogen and oxygen atoms in total. The smallest absolute Gasteiger partial charge is 0.225 e. The Morgan fingerprint density at radius 2 is 1.86 bits per heavy atom. The van der Waals surface area contributed by atoms with E-state index in [0.717, 1.165) is 0 Å². The lowest BCUT2D eigenvalue weighted by atomic mass is 10.4. The number of hydrogen-bond acceptors (Lipinski definition) is 3. The molecule has 0 aromatic heterocycles. The van der Waals surface area contributed by atoms with E-state index in [0.29, 0.717) is 0 Å². The Morgan fingerprint density at radius 3 is 1.86 bits per heavy atom. The van der Waals surface area contributed by atoms with Gasteiger partial charge in [0.1, 0.15) is 6.10 Å². The average molecular weight is 102 g/mol. The molecule has 0 bridgehead atoms. The summed E-state index contributed by atoms with van der Waals surface area (Å²) in [5.74, 6) is -1.48. The van der Waals surface area contributed by atoms with Gasteiger partial charge in [0, 0.05) is 0 Å². The Balaban J connectivity index is 2.28. The van der Waals surface area contributed by atoms with Crippen LogP contribution in [0.15, 0.2) is 0 Å². The molecule has 1 aliphatic heterocycles. The van der Waals surface area contributed by atoms with E-state index in [1.54, 1.807) is 6.92 Å². The van der Waals surface area contributed by atoms with Gasteiger partial charge >= 0.3 is 0 Å². The van der Waals surface area contributed by atoms with Gasteiger partial charge < -0.3 is 14.9 Å². The number of rotatable bonds is 0. The fourth-order valence-corrected chi connectivity index (χ4v) is 0.839. The third kappa shape index (κ3) is 0.185. The van der Waals surface area contributed by atoms with Crippen LogP contribution < -0.4 is 0 Å². The Kier molecular flexibility index (Phi) is 0.304. The second kappa shape index (κ2) is 0.555. The van der Waals surface area contributed by atoms with Crippen LogP contribution >= 0.6 is 0 Å². The lowest BCUT2D eigenvalue weighted by Crippen LogP contribution is -2.27. The largest absolute Gasteiger partial charge is 0.361 e. The number of epoxide rings is 1. The zero-order chi connectivity index (χ0) is 5.28. The van der Waals surface area contributed by atoms with Crippen molar-refractivity contribution in [2.45, 2.75) is 24.4 Å². The Hall–Kier alpha value is -0.120. The normalized spacial score (nSPS) is 61.3. The molecule has 2 aliphatic rings. The number of hydrogen-bond donors (Lipinski definition) is 2. The van der Waals surface area contributed by atoms with E-state index in [-0.39, 0.29) is 6.10 Å². The number of fused-ring (bicyclic) bond motifs is 1. The van der Waals surface area contributed by atoms with Gasteiger partial charge in [0.25, 0.3) is 0 Å². The van der Waals surface area contributed by atoms with Crippen LogP contribution in [-0.4, -0.2) is 27.7 Å². The van der Waals surface area contributed by atoms with Crippen molar-refractivity contribution in [1.29, 1.82) is 0 Å². The van der Waals surface area contributed by atoms with Crippen LogP contribution in [0.4, 0.5) is 0 Å². The molecule has 3 heteroatoms. The van der Waals surface area contributed by atoms with Gasteiger partial charge in [0.2, 0.25) is 5.79 Å². The van der Waals surface area contributed by atoms with Crippen LogP contribution in [0.3, 0.4) is 0 Å². The van der Waals surface area contributed by atoms with Crippen molar-refractivity contribution in [2.24, 2.45) is 0 Å². The van der Waals surface area contributed by atoms with Gasteiger partial charge in [-0.05, 0) is 6.92 Å². The standard InChI is InChI=1S/C4H6O3/c1-3-2(7-3)4(3,5)6/h2,5-6H,1H3/t2-,3+/m1/s1. The molecule has 0 radical (unpaired) electrons.